The molecule has 3 N–H and O–H groups in total. The van der Waals surface area contributed by atoms with Gasteiger partial charge in [0.25, 0.3) is 0 Å². The van der Waals surface area contributed by atoms with Crippen LogP contribution in [0.15, 0.2) is 24.3 Å². The van der Waals surface area contributed by atoms with Crippen molar-refractivity contribution in [2.75, 3.05) is 23.7 Å². The Labute approximate surface area is 137 Å². The number of hydrogen-bond donors (Lipinski definition) is 3. The lowest BCUT2D eigenvalue weighted by Crippen LogP contribution is -2.34. The Kier molecular flexibility index (Phi) is 5.47. The number of carbonyl (C=O) groups is 2. The number of hydrogen-bond acceptors (Lipinski definition) is 4. The smallest absolute Gasteiger partial charge is 0.407 e. The van der Waals surface area contributed by atoms with Crippen molar-refractivity contribution in [1.29, 1.82) is 0 Å². The average Bonchev–Trinajstić information content (AvgIpc) is 3.28. The van der Waals surface area contributed by atoms with Crippen LogP contribution in [0.5, 0.6) is 0 Å². The summed E-state index contributed by atoms with van der Waals surface area (Å²) in [6, 6.07) is 7.53. The molecule has 126 valence electrons. The fraction of sp³-hybridized carbons (Fsp3) is 0.529. The number of nitrogens with one attached hydrogen (secondary N) is 3. The highest BCUT2D eigenvalue weighted by atomic mass is 16.6. The van der Waals surface area contributed by atoms with E-state index in [-0.39, 0.29) is 11.8 Å². The first kappa shape index (κ1) is 17.1. The predicted octanol–water partition coefficient (Wildman–Crippen LogP) is 2.97. The van der Waals surface area contributed by atoms with Gasteiger partial charge in [-0.3, -0.25) is 4.79 Å². The van der Waals surface area contributed by atoms with E-state index in [1.807, 2.05) is 45.0 Å². The molecule has 0 unspecified atom stereocenters. The van der Waals surface area contributed by atoms with Gasteiger partial charge in [0.05, 0.1) is 0 Å². The molecule has 0 aromatic heterocycles. The van der Waals surface area contributed by atoms with Crippen LogP contribution in [0, 0.1) is 5.92 Å². The fourth-order valence-corrected chi connectivity index (χ4v) is 1.95. The summed E-state index contributed by atoms with van der Waals surface area (Å²) in [5, 5.41) is 8.78. The minimum absolute atomic E-state index is 0.104. The van der Waals surface area contributed by atoms with Crippen LogP contribution in [0.3, 0.4) is 0 Å². The Morgan fingerprint density at radius 1 is 1.09 bits per heavy atom. The molecule has 1 saturated carbocycles. The molecule has 0 spiro atoms. The van der Waals surface area contributed by atoms with Crippen molar-refractivity contribution in [2.45, 2.75) is 39.2 Å². The molecular formula is C17H25N3O3. The van der Waals surface area contributed by atoms with Gasteiger partial charge in [-0.15, -0.1) is 0 Å². The van der Waals surface area contributed by atoms with E-state index < -0.39 is 11.7 Å². The van der Waals surface area contributed by atoms with Crippen molar-refractivity contribution < 1.29 is 14.3 Å². The van der Waals surface area contributed by atoms with E-state index in [2.05, 4.69) is 16.0 Å². The van der Waals surface area contributed by atoms with Gasteiger partial charge in [0.2, 0.25) is 5.91 Å². The number of benzene rings is 1. The summed E-state index contributed by atoms with van der Waals surface area (Å²) in [6.07, 6.45) is 1.57. The molecule has 0 saturated heterocycles. The van der Waals surface area contributed by atoms with E-state index in [1.54, 1.807) is 0 Å². The lowest BCUT2D eigenvalue weighted by atomic mass is 10.2. The topological polar surface area (TPSA) is 79.5 Å². The second kappa shape index (κ2) is 7.35. The Morgan fingerprint density at radius 3 is 2.26 bits per heavy atom. The van der Waals surface area contributed by atoms with Crippen LogP contribution in [0.1, 0.15) is 33.6 Å². The Bertz CT molecular complexity index is 545. The number of amides is 2. The molecule has 1 fully saturated rings. The van der Waals surface area contributed by atoms with Gasteiger partial charge in [-0.1, -0.05) is 0 Å². The second-order valence-corrected chi connectivity index (χ2v) is 6.70. The van der Waals surface area contributed by atoms with Crippen molar-refractivity contribution in [2.24, 2.45) is 5.92 Å². The van der Waals surface area contributed by atoms with Crippen LogP contribution in [0.25, 0.3) is 0 Å². The quantitative estimate of drug-likeness (QED) is 0.704. The number of anilines is 2. The molecule has 1 aromatic rings. The van der Waals surface area contributed by atoms with Gasteiger partial charge in [0.15, 0.2) is 0 Å². The minimum Gasteiger partial charge on any atom is -0.444 e. The monoisotopic (exact) mass is 319 g/mol. The first-order valence-electron chi connectivity index (χ1n) is 7.95. The van der Waals surface area contributed by atoms with Crippen LogP contribution < -0.4 is 16.0 Å². The molecule has 6 nitrogen and oxygen atoms in total. The molecule has 0 atom stereocenters. The Hall–Kier alpha value is -2.24. The minimum atomic E-state index is -0.488. The van der Waals surface area contributed by atoms with Gasteiger partial charge in [-0.2, -0.15) is 0 Å². The maximum Gasteiger partial charge on any atom is 0.407 e. The third-order valence-electron chi connectivity index (χ3n) is 3.22. The van der Waals surface area contributed by atoms with Crippen molar-refractivity contribution >= 4 is 23.4 Å². The fourth-order valence-electron chi connectivity index (χ4n) is 1.95. The third kappa shape index (κ3) is 6.59. The maximum absolute atomic E-state index is 11.7. The van der Waals surface area contributed by atoms with Gasteiger partial charge in [0.1, 0.15) is 5.60 Å². The summed E-state index contributed by atoms with van der Waals surface area (Å²) < 4.78 is 5.15. The molecule has 1 aromatic carbocycles. The molecular weight excluding hydrogens is 294 g/mol. The molecule has 23 heavy (non-hydrogen) atoms. The zero-order valence-electron chi connectivity index (χ0n) is 13.9. The summed E-state index contributed by atoms with van der Waals surface area (Å²) in [6.45, 7) is 6.54. The maximum atomic E-state index is 11.7. The molecule has 1 aliphatic carbocycles. The van der Waals surface area contributed by atoms with Gasteiger partial charge in [-0.05, 0) is 57.9 Å². The number of rotatable bonds is 6. The lowest BCUT2D eigenvalue weighted by Gasteiger charge is -2.19. The molecule has 0 radical (unpaired) electrons. The molecule has 0 bridgehead atoms. The van der Waals surface area contributed by atoms with Gasteiger partial charge >= 0.3 is 6.09 Å². The normalized spacial score (nSPS) is 14.0. The SMILES string of the molecule is CC(C)(C)OC(=O)NCCNc1ccc(NC(=O)C2CC2)cc1. The summed E-state index contributed by atoms with van der Waals surface area (Å²) in [5.74, 6) is 0.305. The van der Waals surface area contributed by atoms with Crippen molar-refractivity contribution in [3.05, 3.63) is 24.3 Å². The predicted molar refractivity (Wildman–Crippen MR) is 90.5 cm³/mol. The number of carbonyl (C=O) groups excluding carboxylic acids is 2. The average molecular weight is 319 g/mol. The zero-order valence-corrected chi connectivity index (χ0v) is 13.9. The Balaban J connectivity index is 1.65. The molecule has 0 aliphatic heterocycles. The number of alkyl carbamates (subject to hydrolysis) is 1. The lowest BCUT2D eigenvalue weighted by molar-refractivity contribution is -0.117. The summed E-state index contributed by atoms with van der Waals surface area (Å²) in [5.41, 5.74) is 1.25. The van der Waals surface area contributed by atoms with E-state index in [9.17, 15) is 9.59 Å². The number of ether oxygens (including phenoxy) is 1. The standard InChI is InChI=1S/C17H25N3O3/c1-17(2,3)23-16(22)19-11-10-18-13-6-8-14(9-7-13)20-15(21)12-4-5-12/h6-9,12,18H,4-5,10-11H2,1-3H3,(H,19,22)(H,20,21). The van der Waals surface area contributed by atoms with Crippen LogP contribution in [-0.4, -0.2) is 30.7 Å². The van der Waals surface area contributed by atoms with E-state index in [0.29, 0.717) is 13.1 Å². The molecule has 1 aliphatic rings. The zero-order chi connectivity index (χ0) is 16.9. The van der Waals surface area contributed by atoms with Crippen molar-refractivity contribution in [3.63, 3.8) is 0 Å². The molecule has 2 amide bonds. The van der Waals surface area contributed by atoms with E-state index >= 15 is 0 Å². The van der Waals surface area contributed by atoms with E-state index in [0.717, 1.165) is 24.2 Å². The highest BCUT2D eigenvalue weighted by Crippen LogP contribution is 2.30. The van der Waals surface area contributed by atoms with Crippen LogP contribution in [0.4, 0.5) is 16.2 Å². The van der Waals surface area contributed by atoms with E-state index in [4.69, 9.17) is 4.74 Å². The van der Waals surface area contributed by atoms with E-state index in [1.165, 1.54) is 0 Å². The van der Waals surface area contributed by atoms with Gasteiger partial charge < -0.3 is 20.7 Å². The van der Waals surface area contributed by atoms with Crippen LogP contribution >= 0.6 is 0 Å². The van der Waals surface area contributed by atoms with Crippen LogP contribution in [0.2, 0.25) is 0 Å². The second-order valence-electron chi connectivity index (χ2n) is 6.70. The van der Waals surface area contributed by atoms with Crippen molar-refractivity contribution in [3.8, 4) is 0 Å². The van der Waals surface area contributed by atoms with Crippen LogP contribution in [-0.2, 0) is 9.53 Å². The largest absolute Gasteiger partial charge is 0.444 e. The van der Waals surface area contributed by atoms with Gasteiger partial charge in [-0.25, -0.2) is 4.79 Å². The third-order valence-corrected chi connectivity index (χ3v) is 3.22. The molecule has 6 heteroatoms. The Morgan fingerprint density at radius 2 is 1.70 bits per heavy atom. The molecule has 0 heterocycles. The first-order chi connectivity index (χ1) is 10.8. The molecule has 2 rings (SSSR count). The first-order valence-corrected chi connectivity index (χ1v) is 7.95. The van der Waals surface area contributed by atoms with Gasteiger partial charge in [0, 0.05) is 30.4 Å². The summed E-state index contributed by atoms with van der Waals surface area (Å²) in [4.78, 5) is 23.1. The summed E-state index contributed by atoms with van der Waals surface area (Å²) >= 11 is 0. The highest BCUT2D eigenvalue weighted by molar-refractivity contribution is 5.94. The summed E-state index contributed by atoms with van der Waals surface area (Å²) in [7, 11) is 0. The van der Waals surface area contributed by atoms with Crippen molar-refractivity contribution in [1.82, 2.24) is 5.32 Å². The highest BCUT2D eigenvalue weighted by Gasteiger charge is 2.29.